The van der Waals surface area contributed by atoms with E-state index in [1.807, 2.05) is 45.0 Å². The summed E-state index contributed by atoms with van der Waals surface area (Å²) in [5.41, 5.74) is 2.11. The summed E-state index contributed by atoms with van der Waals surface area (Å²) in [6.45, 7) is 6.43. The number of nitrogens with zero attached hydrogens (tertiary/aromatic N) is 1. The number of hydrogen-bond donors (Lipinski definition) is 2. The van der Waals surface area contributed by atoms with E-state index in [4.69, 9.17) is 4.74 Å². The van der Waals surface area contributed by atoms with Crippen molar-refractivity contribution < 1.29 is 9.53 Å². The molecule has 2 N–H and O–H groups in total. The maximum Gasteiger partial charge on any atom is 0.315 e. The average molecular weight is 333 g/mol. The Morgan fingerprint density at radius 2 is 2.17 bits per heavy atom. The Balaban J connectivity index is 1.81. The Kier molecular flexibility index (Phi) is 5.98. The largest absolute Gasteiger partial charge is 0.497 e. The molecule has 0 saturated carbocycles. The lowest BCUT2D eigenvalue weighted by Crippen LogP contribution is -2.41. The number of nitrogens with one attached hydrogen (secondary N) is 2. The van der Waals surface area contributed by atoms with Gasteiger partial charge in [-0.3, -0.25) is 0 Å². The summed E-state index contributed by atoms with van der Waals surface area (Å²) in [5, 5.41) is 6.86. The lowest BCUT2D eigenvalue weighted by Gasteiger charge is -2.15. The van der Waals surface area contributed by atoms with Crippen LogP contribution in [0.3, 0.4) is 0 Å². The fourth-order valence-electron chi connectivity index (χ4n) is 2.38. The van der Waals surface area contributed by atoms with Gasteiger partial charge in [-0.2, -0.15) is 0 Å². The Hall–Kier alpha value is -2.08. The summed E-state index contributed by atoms with van der Waals surface area (Å²) in [7, 11) is 1.65. The molecule has 1 aromatic carbocycles. The zero-order chi connectivity index (χ0) is 16.8. The summed E-state index contributed by atoms with van der Waals surface area (Å²) in [6, 6.07) is 7.75. The number of hydrogen-bond acceptors (Lipinski definition) is 4. The number of urea groups is 1. The monoisotopic (exact) mass is 333 g/mol. The van der Waals surface area contributed by atoms with Crippen molar-refractivity contribution in [3.05, 3.63) is 45.4 Å². The molecule has 1 unspecified atom stereocenters. The van der Waals surface area contributed by atoms with E-state index in [-0.39, 0.29) is 12.1 Å². The highest BCUT2D eigenvalue weighted by molar-refractivity contribution is 7.11. The normalized spacial score (nSPS) is 11.8. The fourth-order valence-corrected chi connectivity index (χ4v) is 3.25. The van der Waals surface area contributed by atoms with Crippen molar-refractivity contribution in [3.63, 3.8) is 0 Å². The summed E-state index contributed by atoms with van der Waals surface area (Å²) in [6.07, 6.45) is 0.753. The third-order valence-electron chi connectivity index (χ3n) is 3.46. The summed E-state index contributed by atoms with van der Waals surface area (Å²) >= 11 is 1.61. The second-order valence-electron chi connectivity index (χ2n) is 5.53. The SMILES string of the molecule is COc1cccc(CC(C)NC(=O)NCc2sc(C)nc2C)c1. The highest BCUT2D eigenvalue weighted by Gasteiger charge is 2.10. The second-order valence-corrected chi connectivity index (χ2v) is 6.81. The predicted octanol–water partition coefficient (Wildman–Crippen LogP) is 3.20. The molecule has 2 aromatic rings. The van der Waals surface area contributed by atoms with Crippen LogP contribution in [-0.2, 0) is 13.0 Å². The van der Waals surface area contributed by atoms with Gasteiger partial charge in [-0.05, 0) is 44.9 Å². The molecule has 0 radical (unpaired) electrons. The van der Waals surface area contributed by atoms with Crippen LogP contribution in [-0.4, -0.2) is 24.2 Å². The van der Waals surface area contributed by atoms with E-state index in [0.29, 0.717) is 6.54 Å². The van der Waals surface area contributed by atoms with E-state index in [2.05, 4.69) is 15.6 Å². The molecule has 23 heavy (non-hydrogen) atoms. The number of aromatic nitrogens is 1. The van der Waals surface area contributed by atoms with Gasteiger partial charge >= 0.3 is 6.03 Å². The van der Waals surface area contributed by atoms with Gasteiger partial charge in [-0.15, -0.1) is 11.3 Å². The summed E-state index contributed by atoms with van der Waals surface area (Å²) in [4.78, 5) is 17.4. The van der Waals surface area contributed by atoms with E-state index in [1.54, 1.807) is 18.4 Å². The first-order valence-electron chi connectivity index (χ1n) is 7.58. The first-order valence-corrected chi connectivity index (χ1v) is 8.39. The van der Waals surface area contributed by atoms with Crippen LogP contribution in [0.1, 0.15) is 28.1 Å². The fraction of sp³-hybridized carbons (Fsp3) is 0.412. The standard InChI is InChI=1S/C17H23N3O2S/c1-11(8-14-6-5-7-15(9-14)22-4)19-17(21)18-10-16-12(2)20-13(3)23-16/h5-7,9,11H,8,10H2,1-4H3,(H2,18,19,21). The molecule has 5 nitrogen and oxygen atoms in total. The number of aryl methyl sites for hydroxylation is 2. The van der Waals surface area contributed by atoms with Crippen molar-refractivity contribution in [2.45, 2.75) is 39.8 Å². The molecule has 0 saturated heterocycles. The number of ether oxygens (including phenoxy) is 1. The van der Waals surface area contributed by atoms with E-state index < -0.39 is 0 Å². The number of thiazole rings is 1. The van der Waals surface area contributed by atoms with Gasteiger partial charge in [0.05, 0.1) is 24.4 Å². The summed E-state index contributed by atoms with van der Waals surface area (Å²) < 4.78 is 5.21. The molecule has 0 aliphatic rings. The smallest absolute Gasteiger partial charge is 0.315 e. The van der Waals surface area contributed by atoms with Gasteiger partial charge in [0.15, 0.2) is 0 Å². The predicted molar refractivity (Wildman–Crippen MR) is 93.1 cm³/mol. The van der Waals surface area contributed by atoms with Crippen LogP contribution >= 0.6 is 11.3 Å². The van der Waals surface area contributed by atoms with Crippen LogP contribution in [0.5, 0.6) is 5.75 Å². The third kappa shape index (κ3) is 5.25. The quantitative estimate of drug-likeness (QED) is 0.853. The third-order valence-corrected chi connectivity index (χ3v) is 4.54. The minimum atomic E-state index is -0.161. The molecule has 124 valence electrons. The maximum absolute atomic E-state index is 12.0. The highest BCUT2D eigenvalue weighted by atomic mass is 32.1. The molecule has 0 spiro atoms. The zero-order valence-corrected chi connectivity index (χ0v) is 14.8. The lowest BCUT2D eigenvalue weighted by atomic mass is 10.1. The number of amides is 2. The van der Waals surface area contributed by atoms with Crippen LogP contribution in [0.4, 0.5) is 4.79 Å². The van der Waals surface area contributed by atoms with E-state index >= 15 is 0 Å². The summed E-state index contributed by atoms with van der Waals surface area (Å²) in [5.74, 6) is 0.829. The number of rotatable bonds is 6. The number of benzene rings is 1. The van der Waals surface area contributed by atoms with Crippen LogP contribution in [0, 0.1) is 13.8 Å². The van der Waals surface area contributed by atoms with Crippen molar-refractivity contribution in [1.82, 2.24) is 15.6 Å². The van der Waals surface area contributed by atoms with E-state index in [0.717, 1.165) is 33.3 Å². The van der Waals surface area contributed by atoms with Crippen molar-refractivity contribution in [3.8, 4) is 5.75 Å². The van der Waals surface area contributed by atoms with Crippen LogP contribution in [0.15, 0.2) is 24.3 Å². The Morgan fingerprint density at radius 1 is 1.39 bits per heavy atom. The van der Waals surface area contributed by atoms with Gasteiger partial charge in [-0.25, -0.2) is 9.78 Å². The zero-order valence-electron chi connectivity index (χ0n) is 14.0. The molecule has 2 amide bonds. The van der Waals surface area contributed by atoms with Crippen molar-refractivity contribution >= 4 is 17.4 Å². The molecular formula is C17H23N3O2S. The van der Waals surface area contributed by atoms with Gasteiger partial charge in [-0.1, -0.05) is 12.1 Å². The van der Waals surface area contributed by atoms with Gasteiger partial charge in [0.25, 0.3) is 0 Å². The Bertz CT molecular complexity index is 670. The van der Waals surface area contributed by atoms with Gasteiger partial charge < -0.3 is 15.4 Å². The molecule has 0 aliphatic heterocycles. The molecule has 2 rings (SSSR count). The first-order chi connectivity index (χ1) is 11.0. The Labute approximate surface area is 141 Å². The molecular weight excluding hydrogens is 310 g/mol. The molecule has 1 heterocycles. The molecule has 1 aromatic heterocycles. The van der Waals surface area contributed by atoms with Crippen LogP contribution < -0.4 is 15.4 Å². The number of carbonyl (C=O) groups is 1. The molecule has 0 bridgehead atoms. The van der Waals surface area contributed by atoms with Gasteiger partial charge in [0.1, 0.15) is 5.75 Å². The van der Waals surface area contributed by atoms with Crippen molar-refractivity contribution in [2.75, 3.05) is 7.11 Å². The average Bonchev–Trinajstić information content (AvgIpc) is 2.83. The lowest BCUT2D eigenvalue weighted by molar-refractivity contribution is 0.237. The van der Waals surface area contributed by atoms with Gasteiger partial charge in [0, 0.05) is 10.9 Å². The number of carbonyl (C=O) groups excluding carboxylic acids is 1. The minimum absolute atomic E-state index is 0.0337. The van der Waals surface area contributed by atoms with Crippen molar-refractivity contribution in [2.24, 2.45) is 0 Å². The molecule has 0 aliphatic carbocycles. The number of methoxy groups -OCH3 is 1. The van der Waals surface area contributed by atoms with E-state index in [1.165, 1.54) is 0 Å². The molecule has 6 heteroatoms. The van der Waals surface area contributed by atoms with E-state index in [9.17, 15) is 4.79 Å². The first kappa shape index (κ1) is 17.3. The topological polar surface area (TPSA) is 63.2 Å². The van der Waals surface area contributed by atoms with Crippen LogP contribution in [0.2, 0.25) is 0 Å². The second kappa shape index (κ2) is 7.97. The Morgan fingerprint density at radius 3 is 2.83 bits per heavy atom. The molecule has 0 fully saturated rings. The van der Waals surface area contributed by atoms with Crippen LogP contribution in [0.25, 0.3) is 0 Å². The highest BCUT2D eigenvalue weighted by Crippen LogP contribution is 2.16. The molecule has 1 atom stereocenters. The maximum atomic E-state index is 12.0. The van der Waals surface area contributed by atoms with Gasteiger partial charge in [0.2, 0.25) is 0 Å². The minimum Gasteiger partial charge on any atom is -0.497 e. The van der Waals surface area contributed by atoms with Crippen molar-refractivity contribution in [1.29, 1.82) is 0 Å².